The maximum atomic E-state index is 12.9. The third kappa shape index (κ3) is 5.21. The van der Waals surface area contributed by atoms with Gasteiger partial charge in [-0.1, -0.05) is 18.2 Å². The average molecular weight is 458 g/mol. The summed E-state index contributed by atoms with van der Waals surface area (Å²) in [5.74, 6) is 1.08. The number of rotatable bonds is 8. The van der Waals surface area contributed by atoms with E-state index in [0.717, 1.165) is 5.56 Å². The Bertz CT molecular complexity index is 1100. The highest BCUT2D eigenvalue weighted by atomic mass is 32.2. The summed E-state index contributed by atoms with van der Waals surface area (Å²) in [6, 6.07) is 13.7. The van der Waals surface area contributed by atoms with Gasteiger partial charge in [-0.2, -0.15) is 9.57 Å². The van der Waals surface area contributed by atoms with Crippen molar-refractivity contribution in [3.05, 3.63) is 53.6 Å². The summed E-state index contributed by atoms with van der Waals surface area (Å²) in [7, 11) is -0.584. The highest BCUT2D eigenvalue weighted by Gasteiger charge is 2.33. The molecule has 0 aromatic heterocycles. The van der Waals surface area contributed by atoms with Crippen LogP contribution in [0.15, 0.2) is 47.4 Å². The molecule has 1 heterocycles. The third-order valence-corrected chi connectivity index (χ3v) is 7.59. The molecule has 0 spiro atoms. The van der Waals surface area contributed by atoms with Gasteiger partial charge in [0.15, 0.2) is 0 Å². The van der Waals surface area contributed by atoms with Crippen LogP contribution < -0.4 is 14.8 Å². The number of carbonyl (C=O) groups is 1. The van der Waals surface area contributed by atoms with Crippen molar-refractivity contribution < 1.29 is 22.7 Å². The monoisotopic (exact) mass is 457 g/mol. The molecule has 3 rings (SSSR count). The van der Waals surface area contributed by atoms with Crippen molar-refractivity contribution in [2.45, 2.75) is 24.2 Å². The maximum Gasteiger partial charge on any atom is 0.244 e. The number of amides is 1. The minimum Gasteiger partial charge on any atom is -0.497 e. The minimum absolute atomic E-state index is 0.0128. The van der Waals surface area contributed by atoms with Crippen molar-refractivity contribution in [2.24, 2.45) is 5.92 Å². The minimum atomic E-state index is -3.77. The molecule has 32 heavy (non-hydrogen) atoms. The zero-order valence-corrected chi connectivity index (χ0v) is 19.0. The third-order valence-electron chi connectivity index (χ3n) is 5.64. The number of nitrogens with zero attached hydrogens (tertiary/aromatic N) is 2. The number of hydrogen-bond acceptors (Lipinski definition) is 6. The van der Waals surface area contributed by atoms with Gasteiger partial charge in [0, 0.05) is 31.6 Å². The van der Waals surface area contributed by atoms with E-state index in [1.807, 2.05) is 18.2 Å². The zero-order chi connectivity index (χ0) is 23.1. The van der Waals surface area contributed by atoms with Crippen LogP contribution in [0.25, 0.3) is 0 Å². The van der Waals surface area contributed by atoms with Crippen molar-refractivity contribution >= 4 is 15.9 Å². The normalized spacial score (nSPS) is 15.0. The van der Waals surface area contributed by atoms with Gasteiger partial charge >= 0.3 is 0 Å². The molecule has 0 bridgehead atoms. The number of carbonyl (C=O) groups excluding carboxylic acids is 1. The number of hydrogen-bond donors (Lipinski definition) is 1. The summed E-state index contributed by atoms with van der Waals surface area (Å²) in [4.78, 5) is 12.6. The number of benzene rings is 2. The first-order chi connectivity index (χ1) is 15.4. The van der Waals surface area contributed by atoms with Crippen LogP contribution in [0.4, 0.5) is 0 Å². The van der Waals surface area contributed by atoms with Gasteiger partial charge in [0.25, 0.3) is 0 Å². The Balaban J connectivity index is 1.53. The first kappa shape index (κ1) is 23.6. The van der Waals surface area contributed by atoms with Gasteiger partial charge in [0.2, 0.25) is 15.9 Å². The highest BCUT2D eigenvalue weighted by Crippen LogP contribution is 2.27. The largest absolute Gasteiger partial charge is 0.497 e. The smallest absolute Gasteiger partial charge is 0.244 e. The summed E-state index contributed by atoms with van der Waals surface area (Å²) in [5, 5.41) is 12.2. The number of nitrogens with one attached hydrogen (secondary N) is 1. The molecule has 1 amide bonds. The SMILES string of the molecule is COc1ccc(CCNC(=O)C2CCN(S(=O)(=O)c3ccccc3C#N)CC2)c(OC)c1. The first-order valence-corrected chi connectivity index (χ1v) is 11.8. The maximum absolute atomic E-state index is 12.9. The van der Waals surface area contributed by atoms with Crippen molar-refractivity contribution in [2.75, 3.05) is 33.9 Å². The Hall–Kier alpha value is -3.09. The highest BCUT2D eigenvalue weighted by molar-refractivity contribution is 7.89. The van der Waals surface area contributed by atoms with E-state index >= 15 is 0 Å². The molecule has 2 aromatic rings. The molecule has 1 N–H and O–H groups in total. The van der Waals surface area contributed by atoms with Gasteiger partial charge in [-0.3, -0.25) is 4.79 Å². The Morgan fingerprint density at radius 2 is 1.88 bits per heavy atom. The van der Waals surface area contributed by atoms with Gasteiger partial charge in [0.05, 0.1) is 24.7 Å². The quantitative estimate of drug-likeness (QED) is 0.652. The molecule has 0 atom stereocenters. The number of piperidine rings is 1. The number of methoxy groups -OCH3 is 2. The second kappa shape index (κ2) is 10.5. The molecule has 9 heteroatoms. The van der Waals surface area contributed by atoms with Crippen LogP contribution in [0.2, 0.25) is 0 Å². The Morgan fingerprint density at radius 3 is 2.53 bits per heavy atom. The Kier molecular flexibility index (Phi) is 7.72. The lowest BCUT2D eigenvalue weighted by molar-refractivity contribution is -0.126. The van der Waals surface area contributed by atoms with Crippen molar-refractivity contribution in [3.63, 3.8) is 0 Å². The van der Waals surface area contributed by atoms with Crippen LogP contribution in [0, 0.1) is 17.2 Å². The molecular weight excluding hydrogens is 430 g/mol. The fraction of sp³-hybridized carbons (Fsp3) is 0.391. The van der Waals surface area contributed by atoms with Crippen LogP contribution in [0.5, 0.6) is 11.5 Å². The van der Waals surface area contributed by atoms with E-state index in [2.05, 4.69) is 5.32 Å². The second-order valence-corrected chi connectivity index (χ2v) is 9.41. The lowest BCUT2D eigenvalue weighted by Crippen LogP contribution is -2.43. The van der Waals surface area contributed by atoms with Crippen molar-refractivity contribution in [3.8, 4) is 17.6 Å². The lowest BCUT2D eigenvalue weighted by Gasteiger charge is -2.30. The zero-order valence-electron chi connectivity index (χ0n) is 18.2. The molecule has 8 nitrogen and oxygen atoms in total. The van der Waals surface area contributed by atoms with Crippen molar-refractivity contribution in [1.29, 1.82) is 5.26 Å². The van der Waals surface area contributed by atoms with Gasteiger partial charge in [-0.25, -0.2) is 8.42 Å². The van der Waals surface area contributed by atoms with Gasteiger partial charge in [-0.15, -0.1) is 0 Å². The topological polar surface area (TPSA) is 109 Å². The molecule has 2 aromatic carbocycles. The standard InChI is InChI=1S/C23H27N3O5S/c1-30-20-8-7-17(21(15-20)31-2)9-12-25-23(27)18-10-13-26(14-11-18)32(28,29)22-6-4-3-5-19(22)16-24/h3-8,15,18H,9-14H2,1-2H3,(H,25,27). The summed E-state index contributed by atoms with van der Waals surface area (Å²) in [6.07, 6.45) is 1.48. The van der Waals surface area contributed by atoms with E-state index in [9.17, 15) is 18.5 Å². The fourth-order valence-corrected chi connectivity index (χ4v) is 5.42. The van der Waals surface area contributed by atoms with Crippen LogP contribution in [-0.2, 0) is 21.2 Å². The van der Waals surface area contributed by atoms with E-state index < -0.39 is 10.0 Å². The molecule has 1 fully saturated rings. The molecule has 0 aliphatic carbocycles. The van der Waals surface area contributed by atoms with Gasteiger partial charge in [-0.05, 0) is 43.0 Å². The molecule has 0 unspecified atom stereocenters. The van der Waals surface area contributed by atoms with E-state index in [1.54, 1.807) is 32.4 Å². The predicted octanol–water partition coefficient (Wildman–Crippen LogP) is 2.34. The van der Waals surface area contributed by atoms with Crippen LogP contribution in [0.1, 0.15) is 24.0 Å². The fourth-order valence-electron chi connectivity index (χ4n) is 3.80. The van der Waals surface area contributed by atoms with Crippen LogP contribution in [0.3, 0.4) is 0 Å². The van der Waals surface area contributed by atoms with Gasteiger partial charge < -0.3 is 14.8 Å². The molecular formula is C23H27N3O5S. The summed E-state index contributed by atoms with van der Waals surface area (Å²) in [6.45, 7) is 0.939. The van der Waals surface area contributed by atoms with E-state index in [4.69, 9.17) is 9.47 Å². The average Bonchev–Trinajstić information content (AvgIpc) is 2.84. The van der Waals surface area contributed by atoms with Crippen LogP contribution >= 0.6 is 0 Å². The number of ether oxygens (including phenoxy) is 2. The summed E-state index contributed by atoms with van der Waals surface area (Å²) in [5.41, 5.74) is 1.09. The second-order valence-electron chi connectivity index (χ2n) is 7.51. The summed E-state index contributed by atoms with van der Waals surface area (Å²) >= 11 is 0. The molecule has 1 saturated heterocycles. The van der Waals surface area contributed by atoms with E-state index in [-0.39, 0.29) is 35.4 Å². The van der Waals surface area contributed by atoms with Crippen molar-refractivity contribution in [1.82, 2.24) is 9.62 Å². The molecule has 1 aliphatic rings. The lowest BCUT2D eigenvalue weighted by atomic mass is 9.97. The van der Waals surface area contributed by atoms with E-state index in [0.29, 0.717) is 37.3 Å². The van der Waals surface area contributed by atoms with Crippen LogP contribution in [-0.4, -0.2) is 52.5 Å². The van der Waals surface area contributed by atoms with Gasteiger partial charge in [0.1, 0.15) is 17.6 Å². The number of nitriles is 1. The van der Waals surface area contributed by atoms with E-state index in [1.165, 1.54) is 16.4 Å². The first-order valence-electron chi connectivity index (χ1n) is 10.4. The molecule has 0 radical (unpaired) electrons. The predicted molar refractivity (Wildman–Crippen MR) is 119 cm³/mol. The molecule has 1 aliphatic heterocycles. The number of sulfonamides is 1. The molecule has 0 saturated carbocycles. The molecule has 170 valence electrons. The summed E-state index contributed by atoms with van der Waals surface area (Å²) < 4.78 is 37.8. The Morgan fingerprint density at radius 1 is 1.16 bits per heavy atom. The Labute approximate surface area is 188 Å².